The topological polar surface area (TPSA) is 55.8 Å². The van der Waals surface area contributed by atoms with Gasteiger partial charge < -0.3 is 9.47 Å². The van der Waals surface area contributed by atoms with Crippen molar-refractivity contribution in [2.24, 2.45) is 0 Å². The molecule has 2 aromatic carbocycles. The van der Waals surface area contributed by atoms with Crippen LogP contribution < -0.4 is 4.74 Å². The second kappa shape index (κ2) is 6.93. The zero-order valence-electron chi connectivity index (χ0n) is 13.8. The van der Waals surface area contributed by atoms with Gasteiger partial charge >= 0.3 is 0 Å². The first kappa shape index (κ1) is 17.0. The Morgan fingerprint density at radius 1 is 1.17 bits per heavy atom. The van der Waals surface area contributed by atoms with Crippen LogP contribution in [0.15, 0.2) is 53.4 Å². The van der Waals surface area contributed by atoms with Crippen molar-refractivity contribution in [1.82, 2.24) is 4.31 Å². The zero-order chi connectivity index (χ0) is 17.2. The minimum atomic E-state index is -3.55. The fourth-order valence-corrected chi connectivity index (χ4v) is 4.38. The van der Waals surface area contributed by atoms with Crippen LogP contribution in [0.3, 0.4) is 0 Å². The van der Waals surface area contributed by atoms with Crippen LogP contribution in [0.4, 0.5) is 0 Å². The van der Waals surface area contributed by atoms with Crippen LogP contribution in [0.1, 0.15) is 17.2 Å². The molecule has 128 valence electrons. The number of nitrogens with zero attached hydrogens (tertiary/aromatic N) is 1. The molecule has 0 aliphatic carbocycles. The summed E-state index contributed by atoms with van der Waals surface area (Å²) in [5.41, 5.74) is 1.79. The minimum Gasteiger partial charge on any atom is -0.496 e. The summed E-state index contributed by atoms with van der Waals surface area (Å²) in [6, 6.07) is 14.6. The van der Waals surface area contributed by atoms with E-state index in [2.05, 4.69) is 0 Å². The van der Waals surface area contributed by atoms with Crippen LogP contribution in [0.2, 0.25) is 0 Å². The van der Waals surface area contributed by atoms with Gasteiger partial charge in [-0.15, -0.1) is 0 Å². The summed E-state index contributed by atoms with van der Waals surface area (Å²) in [4.78, 5) is 0.287. The lowest BCUT2D eigenvalue weighted by Crippen LogP contribution is -2.42. The van der Waals surface area contributed by atoms with E-state index >= 15 is 0 Å². The maximum absolute atomic E-state index is 12.9. The molecular formula is C18H21NO4S. The van der Waals surface area contributed by atoms with Crippen LogP contribution in [0.5, 0.6) is 5.75 Å². The number of rotatable bonds is 4. The zero-order valence-corrected chi connectivity index (χ0v) is 14.6. The molecule has 24 heavy (non-hydrogen) atoms. The Balaban J connectivity index is 1.85. The number of morpholine rings is 1. The van der Waals surface area contributed by atoms with Crippen LogP contribution in [-0.2, 0) is 14.8 Å². The maximum Gasteiger partial charge on any atom is 0.243 e. The van der Waals surface area contributed by atoms with E-state index in [0.29, 0.717) is 25.4 Å². The molecular weight excluding hydrogens is 326 g/mol. The fraction of sp³-hybridized carbons (Fsp3) is 0.333. The second-order valence-corrected chi connectivity index (χ2v) is 7.70. The van der Waals surface area contributed by atoms with Gasteiger partial charge in [0.1, 0.15) is 5.75 Å². The summed E-state index contributed by atoms with van der Waals surface area (Å²) in [5.74, 6) is 0.679. The lowest BCUT2D eigenvalue weighted by Gasteiger charge is -2.32. The minimum absolute atomic E-state index is 0.242. The van der Waals surface area contributed by atoms with E-state index in [1.807, 2.05) is 37.3 Å². The third kappa shape index (κ3) is 3.31. The molecule has 0 radical (unpaired) electrons. The van der Waals surface area contributed by atoms with Crippen LogP contribution in [0, 0.1) is 6.92 Å². The van der Waals surface area contributed by atoms with E-state index in [9.17, 15) is 8.42 Å². The molecule has 1 heterocycles. The van der Waals surface area contributed by atoms with Crippen molar-refractivity contribution in [3.05, 3.63) is 59.7 Å². The van der Waals surface area contributed by atoms with Crippen molar-refractivity contribution in [1.29, 1.82) is 0 Å². The van der Waals surface area contributed by atoms with Gasteiger partial charge in [-0.25, -0.2) is 8.42 Å². The number of sulfonamides is 1. The maximum atomic E-state index is 12.9. The Kier molecular flexibility index (Phi) is 4.89. The van der Waals surface area contributed by atoms with Crippen molar-refractivity contribution >= 4 is 10.0 Å². The third-order valence-electron chi connectivity index (χ3n) is 4.20. The predicted octanol–water partition coefficient (Wildman–Crippen LogP) is 2.77. The molecule has 0 spiro atoms. The first-order valence-corrected chi connectivity index (χ1v) is 9.27. The van der Waals surface area contributed by atoms with E-state index in [1.165, 1.54) is 4.31 Å². The molecule has 0 bridgehead atoms. The highest BCUT2D eigenvalue weighted by Crippen LogP contribution is 2.28. The van der Waals surface area contributed by atoms with Gasteiger partial charge in [-0.3, -0.25) is 0 Å². The normalized spacial score (nSPS) is 19.2. The first-order valence-electron chi connectivity index (χ1n) is 7.83. The van der Waals surface area contributed by atoms with Gasteiger partial charge in [-0.2, -0.15) is 4.31 Å². The SMILES string of the molecule is COc1ccc(S(=O)(=O)N2CCO[C@@H](c3ccccc3)C2)cc1C. The van der Waals surface area contributed by atoms with Gasteiger partial charge in [0.15, 0.2) is 0 Å². The van der Waals surface area contributed by atoms with Crippen LogP contribution in [0.25, 0.3) is 0 Å². The average Bonchev–Trinajstić information content (AvgIpc) is 2.62. The van der Waals surface area contributed by atoms with Gasteiger partial charge in [0.25, 0.3) is 0 Å². The van der Waals surface area contributed by atoms with Crippen molar-refractivity contribution in [3.8, 4) is 5.75 Å². The molecule has 0 unspecified atom stereocenters. The number of benzene rings is 2. The number of methoxy groups -OCH3 is 1. The van der Waals surface area contributed by atoms with Crippen LogP contribution >= 0.6 is 0 Å². The van der Waals surface area contributed by atoms with Gasteiger partial charge in [0, 0.05) is 13.1 Å². The van der Waals surface area contributed by atoms with E-state index < -0.39 is 10.0 Å². The number of ether oxygens (including phenoxy) is 2. The monoisotopic (exact) mass is 347 g/mol. The van der Waals surface area contributed by atoms with Gasteiger partial charge in [0.05, 0.1) is 24.7 Å². The van der Waals surface area contributed by atoms with Crippen molar-refractivity contribution in [3.63, 3.8) is 0 Å². The summed E-state index contributed by atoms with van der Waals surface area (Å²) < 4.78 is 38.4. The quantitative estimate of drug-likeness (QED) is 0.853. The summed E-state index contributed by atoms with van der Waals surface area (Å²) in [6.07, 6.45) is -0.242. The Morgan fingerprint density at radius 2 is 1.92 bits per heavy atom. The number of aryl methyl sites for hydroxylation is 1. The van der Waals surface area contributed by atoms with E-state index in [1.54, 1.807) is 25.3 Å². The molecule has 2 aromatic rings. The van der Waals surface area contributed by atoms with E-state index in [4.69, 9.17) is 9.47 Å². The standard InChI is InChI=1S/C18H21NO4S/c1-14-12-16(8-9-17(14)22-2)24(20,21)19-10-11-23-18(13-19)15-6-4-3-5-7-15/h3-9,12,18H,10-11,13H2,1-2H3/t18-/m1/s1. The summed E-state index contributed by atoms with van der Waals surface area (Å²) in [6.45, 7) is 2.89. The molecule has 0 amide bonds. The average molecular weight is 347 g/mol. The number of hydrogen-bond acceptors (Lipinski definition) is 4. The van der Waals surface area contributed by atoms with Crippen LogP contribution in [-0.4, -0.2) is 39.5 Å². The Morgan fingerprint density at radius 3 is 2.58 bits per heavy atom. The van der Waals surface area contributed by atoms with Gasteiger partial charge in [-0.1, -0.05) is 30.3 Å². The van der Waals surface area contributed by atoms with Crippen molar-refractivity contribution in [2.45, 2.75) is 17.9 Å². The Hall–Kier alpha value is -1.89. The van der Waals surface area contributed by atoms with Gasteiger partial charge in [-0.05, 0) is 36.2 Å². The molecule has 0 N–H and O–H groups in total. The molecule has 1 aliphatic heterocycles. The molecule has 6 heteroatoms. The highest BCUT2D eigenvalue weighted by molar-refractivity contribution is 7.89. The smallest absolute Gasteiger partial charge is 0.243 e. The summed E-state index contributed by atoms with van der Waals surface area (Å²) >= 11 is 0. The summed E-state index contributed by atoms with van der Waals surface area (Å²) in [5, 5.41) is 0. The lowest BCUT2D eigenvalue weighted by molar-refractivity contribution is -0.00255. The molecule has 1 aliphatic rings. The first-order chi connectivity index (χ1) is 11.5. The second-order valence-electron chi connectivity index (χ2n) is 5.76. The Labute approximate surface area is 142 Å². The highest BCUT2D eigenvalue weighted by Gasteiger charge is 2.31. The molecule has 0 saturated carbocycles. The molecule has 1 saturated heterocycles. The van der Waals surface area contributed by atoms with E-state index in [-0.39, 0.29) is 11.0 Å². The summed E-state index contributed by atoms with van der Waals surface area (Å²) in [7, 11) is -1.98. The fourth-order valence-electron chi connectivity index (χ4n) is 2.87. The molecule has 1 atom stereocenters. The lowest BCUT2D eigenvalue weighted by atomic mass is 10.1. The molecule has 3 rings (SSSR count). The molecule has 1 fully saturated rings. The third-order valence-corrected chi connectivity index (χ3v) is 6.07. The molecule has 5 nitrogen and oxygen atoms in total. The van der Waals surface area contributed by atoms with E-state index in [0.717, 1.165) is 11.1 Å². The molecule has 0 aromatic heterocycles. The van der Waals surface area contributed by atoms with Gasteiger partial charge in [0.2, 0.25) is 10.0 Å². The highest BCUT2D eigenvalue weighted by atomic mass is 32.2. The predicted molar refractivity (Wildman–Crippen MR) is 91.6 cm³/mol. The largest absolute Gasteiger partial charge is 0.496 e. The van der Waals surface area contributed by atoms with Crippen molar-refractivity contribution in [2.75, 3.05) is 26.8 Å². The van der Waals surface area contributed by atoms with Crippen molar-refractivity contribution < 1.29 is 17.9 Å². The Bertz CT molecular complexity index is 805. The number of hydrogen-bond donors (Lipinski definition) is 0.